The van der Waals surface area contributed by atoms with Crippen molar-refractivity contribution in [2.24, 2.45) is 0 Å². The fraction of sp³-hybridized carbons (Fsp3) is 0.0909. The molecule has 0 saturated heterocycles. The van der Waals surface area contributed by atoms with Crippen LogP contribution in [0.3, 0.4) is 0 Å². The predicted molar refractivity (Wildman–Crippen MR) is 67.4 cm³/mol. The quantitative estimate of drug-likeness (QED) is 0.499. The fourth-order valence-electron chi connectivity index (χ4n) is 1.51. The smallest absolute Gasteiger partial charge is 0.342 e. The van der Waals surface area contributed by atoms with Crippen LogP contribution in [0.1, 0.15) is 5.56 Å². The van der Waals surface area contributed by atoms with Gasteiger partial charge in [-0.05, 0) is 49.6 Å². The second-order valence-corrected chi connectivity index (χ2v) is 5.08. The van der Waals surface area contributed by atoms with Gasteiger partial charge in [-0.2, -0.15) is 0 Å². The molecule has 0 bridgehead atoms. The van der Waals surface area contributed by atoms with Crippen molar-refractivity contribution >= 4 is 49.7 Å². The highest BCUT2D eigenvalue weighted by molar-refractivity contribution is 9.11. The van der Waals surface area contributed by atoms with Gasteiger partial charge in [0.2, 0.25) is 0 Å². The molecule has 1 aromatic carbocycles. The van der Waals surface area contributed by atoms with E-state index in [-0.39, 0.29) is 17.9 Å². The van der Waals surface area contributed by atoms with Crippen LogP contribution in [0.15, 0.2) is 26.7 Å². The number of carbonyl (C=O) groups excluding carboxylic acids is 2. The molecule has 1 N–H and O–H groups in total. The molecular weight excluding hydrogens is 356 g/mol. The molecule has 1 aliphatic rings. The van der Waals surface area contributed by atoms with Crippen molar-refractivity contribution in [2.45, 2.75) is 0 Å². The number of benzene rings is 1. The third-order valence-corrected chi connectivity index (χ3v) is 3.58. The second-order valence-electron chi connectivity index (χ2n) is 3.37. The largest absolute Gasteiger partial charge is 0.506 e. The highest BCUT2D eigenvalue weighted by Crippen LogP contribution is 2.37. The molecule has 0 amide bonds. The van der Waals surface area contributed by atoms with Crippen LogP contribution in [0.25, 0.3) is 5.57 Å². The maximum absolute atomic E-state index is 11.2. The summed E-state index contributed by atoms with van der Waals surface area (Å²) in [7, 11) is 0. The SMILES string of the molecule is O=CC1=C(c2cc(Br)c(O)c(Br)c2)COC1=O. The van der Waals surface area contributed by atoms with E-state index in [1.807, 2.05) is 0 Å². The molecule has 0 saturated carbocycles. The van der Waals surface area contributed by atoms with Gasteiger partial charge in [-0.15, -0.1) is 0 Å². The van der Waals surface area contributed by atoms with Gasteiger partial charge in [0.05, 0.1) is 8.95 Å². The Morgan fingerprint density at radius 3 is 2.41 bits per heavy atom. The van der Waals surface area contributed by atoms with Gasteiger partial charge in [0.1, 0.15) is 17.9 Å². The number of hydrogen-bond donors (Lipinski definition) is 1. The van der Waals surface area contributed by atoms with E-state index in [1.54, 1.807) is 12.1 Å². The number of rotatable bonds is 2. The monoisotopic (exact) mass is 360 g/mol. The molecule has 1 aliphatic heterocycles. The van der Waals surface area contributed by atoms with Crippen LogP contribution in [0.5, 0.6) is 5.75 Å². The summed E-state index contributed by atoms with van der Waals surface area (Å²) >= 11 is 6.37. The van der Waals surface area contributed by atoms with E-state index in [4.69, 9.17) is 4.74 Å². The molecule has 0 atom stereocenters. The molecule has 88 valence electrons. The molecule has 6 heteroatoms. The fourth-order valence-corrected chi connectivity index (χ4v) is 2.70. The van der Waals surface area contributed by atoms with Crippen molar-refractivity contribution in [1.82, 2.24) is 0 Å². The van der Waals surface area contributed by atoms with Crippen LogP contribution in [0.4, 0.5) is 0 Å². The Kier molecular flexibility index (Phi) is 3.35. The Balaban J connectivity index is 2.59. The number of aromatic hydroxyl groups is 1. The zero-order valence-electron chi connectivity index (χ0n) is 8.37. The van der Waals surface area contributed by atoms with E-state index < -0.39 is 5.97 Å². The normalized spacial score (nSPS) is 15.1. The van der Waals surface area contributed by atoms with Crippen molar-refractivity contribution in [3.05, 3.63) is 32.2 Å². The van der Waals surface area contributed by atoms with E-state index in [2.05, 4.69) is 31.9 Å². The molecule has 1 aromatic rings. The summed E-state index contributed by atoms with van der Waals surface area (Å²) in [6, 6.07) is 3.25. The van der Waals surface area contributed by atoms with Crippen LogP contribution in [0.2, 0.25) is 0 Å². The number of esters is 1. The van der Waals surface area contributed by atoms with Crippen molar-refractivity contribution in [2.75, 3.05) is 6.61 Å². The summed E-state index contributed by atoms with van der Waals surface area (Å²) < 4.78 is 5.74. The van der Waals surface area contributed by atoms with Gasteiger partial charge < -0.3 is 9.84 Å². The summed E-state index contributed by atoms with van der Waals surface area (Å²) in [5.41, 5.74) is 1.19. The molecule has 0 radical (unpaired) electrons. The molecule has 0 unspecified atom stereocenters. The average molecular weight is 362 g/mol. The van der Waals surface area contributed by atoms with E-state index in [1.165, 1.54) is 0 Å². The third kappa shape index (κ3) is 2.14. The minimum atomic E-state index is -0.615. The van der Waals surface area contributed by atoms with Crippen LogP contribution < -0.4 is 0 Å². The number of halogens is 2. The zero-order chi connectivity index (χ0) is 12.6. The minimum absolute atomic E-state index is 0.0227. The molecule has 0 spiro atoms. The Bertz CT molecular complexity index is 525. The van der Waals surface area contributed by atoms with Crippen LogP contribution in [0, 0.1) is 0 Å². The molecule has 2 rings (SSSR count). The van der Waals surface area contributed by atoms with Crippen molar-refractivity contribution in [3.8, 4) is 5.75 Å². The molecule has 4 nitrogen and oxygen atoms in total. The summed E-state index contributed by atoms with van der Waals surface area (Å²) in [6.45, 7) is 0.0660. The summed E-state index contributed by atoms with van der Waals surface area (Å²) in [6.07, 6.45) is 0.485. The molecular formula is C11H6Br2O4. The summed E-state index contributed by atoms with van der Waals surface area (Å²) in [4.78, 5) is 22.0. The Morgan fingerprint density at radius 1 is 1.29 bits per heavy atom. The van der Waals surface area contributed by atoms with Gasteiger partial charge in [0.15, 0.2) is 6.29 Å². The summed E-state index contributed by atoms with van der Waals surface area (Å²) in [5.74, 6) is -0.553. The van der Waals surface area contributed by atoms with Crippen molar-refractivity contribution < 1.29 is 19.4 Å². The first kappa shape index (κ1) is 12.3. The first-order valence-electron chi connectivity index (χ1n) is 4.58. The van der Waals surface area contributed by atoms with Gasteiger partial charge in [0, 0.05) is 5.57 Å². The van der Waals surface area contributed by atoms with Gasteiger partial charge >= 0.3 is 5.97 Å². The van der Waals surface area contributed by atoms with E-state index in [0.29, 0.717) is 26.4 Å². The van der Waals surface area contributed by atoms with Gasteiger partial charge in [-0.25, -0.2) is 4.79 Å². The number of carbonyl (C=O) groups is 2. The lowest BCUT2D eigenvalue weighted by atomic mass is 10.0. The zero-order valence-corrected chi connectivity index (χ0v) is 11.5. The molecule has 1 heterocycles. The number of aldehydes is 1. The number of ether oxygens (including phenoxy) is 1. The highest BCUT2D eigenvalue weighted by atomic mass is 79.9. The Morgan fingerprint density at radius 2 is 1.88 bits per heavy atom. The first-order chi connectivity index (χ1) is 8.04. The molecule has 0 aromatic heterocycles. The lowest BCUT2D eigenvalue weighted by Crippen LogP contribution is -1.99. The standard InChI is InChI=1S/C11H6Br2O4/c12-8-1-5(2-9(13)10(8)15)7-4-17-11(16)6(7)3-14/h1-3,15H,4H2. The number of phenolic OH excluding ortho intramolecular Hbond substituents is 1. The van der Waals surface area contributed by atoms with Gasteiger partial charge in [0.25, 0.3) is 0 Å². The summed E-state index contributed by atoms with van der Waals surface area (Å²) in [5, 5.41) is 9.57. The van der Waals surface area contributed by atoms with Crippen LogP contribution in [-0.4, -0.2) is 24.0 Å². The predicted octanol–water partition coefficient (Wildman–Crippen LogP) is 2.43. The Labute approximate surface area is 114 Å². The van der Waals surface area contributed by atoms with Crippen molar-refractivity contribution in [3.63, 3.8) is 0 Å². The number of phenols is 1. The van der Waals surface area contributed by atoms with E-state index in [0.717, 1.165) is 0 Å². The highest BCUT2D eigenvalue weighted by Gasteiger charge is 2.26. The van der Waals surface area contributed by atoms with E-state index >= 15 is 0 Å². The van der Waals surface area contributed by atoms with Crippen LogP contribution in [-0.2, 0) is 14.3 Å². The number of hydrogen-bond acceptors (Lipinski definition) is 4. The third-order valence-electron chi connectivity index (χ3n) is 2.38. The average Bonchev–Trinajstić information content (AvgIpc) is 2.66. The molecule has 0 fully saturated rings. The van der Waals surface area contributed by atoms with E-state index in [9.17, 15) is 14.7 Å². The molecule has 0 aliphatic carbocycles. The van der Waals surface area contributed by atoms with Crippen molar-refractivity contribution in [1.29, 1.82) is 0 Å². The first-order valence-corrected chi connectivity index (χ1v) is 6.17. The lowest BCUT2D eigenvalue weighted by molar-refractivity contribution is -0.136. The maximum atomic E-state index is 11.2. The minimum Gasteiger partial charge on any atom is -0.506 e. The Hall–Kier alpha value is -1.14. The molecule has 17 heavy (non-hydrogen) atoms. The van der Waals surface area contributed by atoms with Gasteiger partial charge in [-0.3, -0.25) is 4.79 Å². The second kappa shape index (κ2) is 4.62. The maximum Gasteiger partial charge on any atom is 0.342 e. The topological polar surface area (TPSA) is 63.6 Å². The lowest BCUT2D eigenvalue weighted by Gasteiger charge is -2.06. The number of cyclic esters (lactones) is 1. The van der Waals surface area contributed by atoms with Gasteiger partial charge in [-0.1, -0.05) is 0 Å². The van der Waals surface area contributed by atoms with Crippen LogP contribution >= 0.6 is 31.9 Å².